The van der Waals surface area contributed by atoms with Gasteiger partial charge in [0, 0.05) is 25.5 Å². The second kappa shape index (κ2) is 8.24. The van der Waals surface area contributed by atoms with Gasteiger partial charge in [0.2, 0.25) is 0 Å². The average Bonchev–Trinajstić information content (AvgIpc) is 2.90. The van der Waals surface area contributed by atoms with Crippen LogP contribution < -0.4 is 15.6 Å². The molecule has 8 heteroatoms. The lowest BCUT2D eigenvalue weighted by atomic mass is 10.2. The van der Waals surface area contributed by atoms with Crippen molar-refractivity contribution in [3.8, 4) is 0 Å². The standard InChI is InChI=1S/C19H18N4O2S2/c1-22(2)15-10-8-13(9-11-15)12-16-17(24)23(19(26)27-16)21-18(25)20-14-6-4-3-5-7-14/h3-12H,1-2H3,(H2,20,21,25). The molecule has 1 fully saturated rings. The molecule has 2 aromatic carbocycles. The molecule has 0 spiro atoms. The van der Waals surface area contributed by atoms with Gasteiger partial charge in [-0.15, -0.1) is 0 Å². The van der Waals surface area contributed by atoms with Crippen LogP contribution in [0.4, 0.5) is 16.2 Å². The minimum absolute atomic E-state index is 0.277. The maximum Gasteiger partial charge on any atom is 0.338 e. The van der Waals surface area contributed by atoms with Gasteiger partial charge in [0.15, 0.2) is 4.32 Å². The number of rotatable bonds is 4. The Morgan fingerprint density at radius 2 is 1.78 bits per heavy atom. The van der Waals surface area contributed by atoms with Gasteiger partial charge in [0.1, 0.15) is 0 Å². The molecule has 3 amide bonds. The number of benzene rings is 2. The third kappa shape index (κ3) is 4.66. The van der Waals surface area contributed by atoms with Crippen molar-refractivity contribution in [1.29, 1.82) is 0 Å². The molecule has 0 atom stereocenters. The van der Waals surface area contributed by atoms with Gasteiger partial charge in [-0.05, 0) is 48.1 Å². The van der Waals surface area contributed by atoms with E-state index in [1.165, 1.54) is 0 Å². The molecule has 1 aliphatic rings. The first-order valence-corrected chi connectivity index (χ1v) is 9.34. The monoisotopic (exact) mass is 398 g/mol. The largest absolute Gasteiger partial charge is 0.378 e. The fourth-order valence-corrected chi connectivity index (χ4v) is 3.55. The molecule has 0 unspecified atom stereocenters. The van der Waals surface area contributed by atoms with Crippen molar-refractivity contribution in [3.63, 3.8) is 0 Å². The van der Waals surface area contributed by atoms with Crippen LogP contribution in [-0.2, 0) is 4.79 Å². The molecule has 6 nitrogen and oxygen atoms in total. The summed E-state index contributed by atoms with van der Waals surface area (Å²) in [4.78, 5) is 27.2. The van der Waals surface area contributed by atoms with E-state index >= 15 is 0 Å². The zero-order valence-electron chi connectivity index (χ0n) is 14.8. The number of thiocarbonyl (C=S) groups is 1. The number of nitrogens with zero attached hydrogens (tertiary/aromatic N) is 2. The molecule has 0 aliphatic carbocycles. The molecule has 27 heavy (non-hydrogen) atoms. The number of thioether (sulfide) groups is 1. The first-order valence-electron chi connectivity index (χ1n) is 8.12. The van der Waals surface area contributed by atoms with E-state index in [0.717, 1.165) is 28.0 Å². The molecule has 2 N–H and O–H groups in total. The number of hydrogen-bond acceptors (Lipinski definition) is 5. The van der Waals surface area contributed by atoms with Gasteiger partial charge in [-0.1, -0.05) is 42.1 Å². The van der Waals surface area contributed by atoms with Crippen LogP contribution in [0.25, 0.3) is 6.08 Å². The molecule has 0 radical (unpaired) electrons. The molecule has 1 heterocycles. The summed E-state index contributed by atoms with van der Waals surface area (Å²) < 4.78 is 0.277. The Labute approximate surface area is 167 Å². The van der Waals surface area contributed by atoms with Crippen molar-refractivity contribution in [2.24, 2.45) is 0 Å². The van der Waals surface area contributed by atoms with E-state index in [1.807, 2.05) is 49.3 Å². The Morgan fingerprint density at radius 1 is 1.11 bits per heavy atom. The number of amides is 3. The van der Waals surface area contributed by atoms with Gasteiger partial charge in [-0.25, -0.2) is 10.2 Å². The van der Waals surface area contributed by atoms with Crippen LogP contribution in [0, 0.1) is 0 Å². The van der Waals surface area contributed by atoms with E-state index in [0.29, 0.717) is 10.6 Å². The van der Waals surface area contributed by atoms with Crippen LogP contribution in [0.1, 0.15) is 5.56 Å². The molecule has 1 saturated heterocycles. The normalized spacial score (nSPS) is 15.2. The third-order valence-electron chi connectivity index (χ3n) is 3.75. The summed E-state index contributed by atoms with van der Waals surface area (Å²) in [6.45, 7) is 0. The zero-order valence-corrected chi connectivity index (χ0v) is 16.4. The van der Waals surface area contributed by atoms with Crippen LogP contribution >= 0.6 is 24.0 Å². The van der Waals surface area contributed by atoms with Crippen molar-refractivity contribution in [2.45, 2.75) is 0 Å². The predicted molar refractivity (Wildman–Crippen MR) is 114 cm³/mol. The highest BCUT2D eigenvalue weighted by atomic mass is 32.2. The van der Waals surface area contributed by atoms with Gasteiger partial charge in [-0.2, -0.15) is 5.01 Å². The molecule has 0 bridgehead atoms. The lowest BCUT2D eigenvalue weighted by molar-refractivity contribution is -0.123. The van der Waals surface area contributed by atoms with E-state index in [1.54, 1.807) is 30.3 Å². The van der Waals surface area contributed by atoms with Gasteiger partial charge in [-0.3, -0.25) is 4.79 Å². The van der Waals surface area contributed by atoms with Crippen LogP contribution in [0.2, 0.25) is 0 Å². The summed E-state index contributed by atoms with van der Waals surface area (Å²) >= 11 is 6.38. The molecule has 138 valence electrons. The second-order valence-corrected chi connectivity index (χ2v) is 7.61. The molecule has 2 aromatic rings. The highest BCUT2D eigenvalue weighted by Crippen LogP contribution is 2.31. The fraction of sp³-hybridized carbons (Fsp3) is 0.105. The molecule has 0 aromatic heterocycles. The highest BCUT2D eigenvalue weighted by molar-refractivity contribution is 8.26. The topological polar surface area (TPSA) is 64.7 Å². The Balaban J connectivity index is 1.68. The van der Waals surface area contributed by atoms with Gasteiger partial charge >= 0.3 is 6.03 Å². The van der Waals surface area contributed by atoms with Crippen LogP contribution in [0.3, 0.4) is 0 Å². The van der Waals surface area contributed by atoms with E-state index in [4.69, 9.17) is 12.2 Å². The third-order valence-corrected chi connectivity index (χ3v) is 5.05. The van der Waals surface area contributed by atoms with Crippen molar-refractivity contribution < 1.29 is 9.59 Å². The highest BCUT2D eigenvalue weighted by Gasteiger charge is 2.33. The molecule has 0 saturated carbocycles. The van der Waals surface area contributed by atoms with Crippen molar-refractivity contribution in [2.75, 3.05) is 24.3 Å². The van der Waals surface area contributed by atoms with Crippen molar-refractivity contribution in [1.82, 2.24) is 10.4 Å². The smallest absolute Gasteiger partial charge is 0.338 e. The van der Waals surface area contributed by atoms with Crippen LogP contribution in [-0.4, -0.2) is 35.4 Å². The predicted octanol–water partition coefficient (Wildman–Crippen LogP) is 3.69. The van der Waals surface area contributed by atoms with Gasteiger partial charge in [0.25, 0.3) is 5.91 Å². The number of urea groups is 1. The molecular formula is C19H18N4O2S2. The molecule has 1 aliphatic heterocycles. The van der Waals surface area contributed by atoms with Crippen molar-refractivity contribution >= 4 is 57.7 Å². The van der Waals surface area contributed by atoms with E-state index in [2.05, 4.69) is 10.7 Å². The van der Waals surface area contributed by atoms with E-state index in [-0.39, 0.29) is 10.2 Å². The van der Waals surface area contributed by atoms with Crippen LogP contribution in [0.5, 0.6) is 0 Å². The number of anilines is 2. The summed E-state index contributed by atoms with van der Waals surface area (Å²) in [5.74, 6) is -0.357. The number of para-hydroxylation sites is 1. The quantitative estimate of drug-likeness (QED) is 0.607. The summed E-state index contributed by atoms with van der Waals surface area (Å²) in [7, 11) is 3.93. The first kappa shape index (κ1) is 18.9. The lowest BCUT2D eigenvalue weighted by Crippen LogP contribution is -2.46. The number of carbonyl (C=O) groups excluding carboxylic acids is 2. The second-order valence-electron chi connectivity index (χ2n) is 5.94. The SMILES string of the molecule is CN(C)c1ccc(C=C2SC(=S)N(NC(=O)Nc3ccccc3)C2=O)cc1. The maximum atomic E-state index is 12.6. The summed E-state index contributed by atoms with van der Waals surface area (Å²) in [5.41, 5.74) is 5.07. The summed E-state index contributed by atoms with van der Waals surface area (Å²) in [6, 6.07) is 16.2. The Kier molecular flexibility index (Phi) is 5.78. The van der Waals surface area contributed by atoms with E-state index in [9.17, 15) is 9.59 Å². The summed E-state index contributed by atoms with van der Waals surface area (Å²) in [6.07, 6.45) is 1.76. The van der Waals surface area contributed by atoms with Gasteiger partial charge in [0.05, 0.1) is 4.91 Å². The van der Waals surface area contributed by atoms with Gasteiger partial charge < -0.3 is 10.2 Å². The molecular weight excluding hydrogens is 380 g/mol. The number of hydrazine groups is 1. The lowest BCUT2D eigenvalue weighted by Gasteiger charge is -2.16. The van der Waals surface area contributed by atoms with E-state index < -0.39 is 6.03 Å². The zero-order chi connectivity index (χ0) is 19.4. The average molecular weight is 399 g/mol. The number of hydrogen-bond donors (Lipinski definition) is 2. The minimum Gasteiger partial charge on any atom is -0.378 e. The maximum absolute atomic E-state index is 12.6. The molecule has 3 rings (SSSR count). The Morgan fingerprint density at radius 3 is 2.41 bits per heavy atom. The fourth-order valence-electron chi connectivity index (χ4n) is 2.37. The number of carbonyl (C=O) groups is 2. The van der Waals surface area contributed by atoms with Crippen molar-refractivity contribution in [3.05, 3.63) is 65.1 Å². The first-order chi connectivity index (χ1) is 12.9. The Bertz CT molecular complexity index is 896. The number of nitrogens with one attached hydrogen (secondary N) is 2. The Hall–Kier alpha value is -2.84. The summed E-state index contributed by atoms with van der Waals surface area (Å²) in [5, 5.41) is 3.74. The minimum atomic E-state index is -0.533. The van der Waals surface area contributed by atoms with Crippen LogP contribution in [0.15, 0.2) is 59.5 Å².